The molecule has 1 heterocycles. The van der Waals surface area contributed by atoms with Gasteiger partial charge in [-0.2, -0.15) is 0 Å². The minimum atomic E-state index is 1.01. The summed E-state index contributed by atoms with van der Waals surface area (Å²) in [6.45, 7) is 0. The molecule has 0 radical (unpaired) electrons. The molecule has 0 aromatic carbocycles. The highest BCUT2D eigenvalue weighted by molar-refractivity contribution is 4.99. The fourth-order valence-corrected chi connectivity index (χ4v) is 0.493. The van der Waals surface area contributed by atoms with Crippen LogP contribution in [0.4, 0.5) is 0 Å². The minimum Gasteiger partial charge on any atom is -0.295 e. The van der Waals surface area contributed by atoms with Gasteiger partial charge in [0, 0.05) is 12.4 Å². The van der Waals surface area contributed by atoms with Crippen molar-refractivity contribution in [2.24, 2.45) is 5.84 Å². The van der Waals surface area contributed by atoms with E-state index in [-0.39, 0.29) is 0 Å². The Morgan fingerprint density at radius 1 is 1.29 bits per heavy atom. The summed E-state index contributed by atoms with van der Waals surface area (Å²) in [5.74, 6) is 5.29. The third kappa shape index (κ3) is 1.05. The topological polar surface area (TPSA) is 29.3 Å². The molecular weight excluding hydrogens is 88.1 g/mol. The highest BCUT2D eigenvalue weighted by Crippen LogP contribution is 1.94. The van der Waals surface area contributed by atoms with E-state index in [9.17, 15) is 0 Å². The molecule has 2 heteroatoms. The number of hydrogen-bond donors (Lipinski definition) is 1. The third-order valence-electron chi connectivity index (χ3n) is 0.827. The monoisotopic (exact) mass is 96.1 g/mol. The Morgan fingerprint density at radius 3 is 2.14 bits per heavy atom. The average Bonchev–Trinajstić information content (AvgIpc) is 1.69. The van der Waals surface area contributed by atoms with E-state index in [1.165, 1.54) is 5.01 Å². The number of nitrogens with two attached hydrogens (primary N) is 1. The third-order valence-corrected chi connectivity index (χ3v) is 0.827. The van der Waals surface area contributed by atoms with Gasteiger partial charge in [-0.1, -0.05) is 12.2 Å². The molecule has 0 fully saturated rings. The number of allylic oxidation sites excluding steroid dienone is 2. The van der Waals surface area contributed by atoms with Gasteiger partial charge in [0.15, 0.2) is 0 Å². The number of hydrogen-bond acceptors (Lipinski definition) is 2. The summed E-state index contributed by atoms with van der Waals surface area (Å²) in [6, 6.07) is 0. The Balaban J connectivity index is 2.49. The highest BCUT2D eigenvalue weighted by Gasteiger charge is 1.84. The van der Waals surface area contributed by atoms with Crippen LogP contribution in [-0.4, -0.2) is 5.01 Å². The van der Waals surface area contributed by atoms with Crippen molar-refractivity contribution in [3.63, 3.8) is 0 Å². The molecular formula is C5H8N2. The molecule has 0 amide bonds. The summed E-state index contributed by atoms with van der Waals surface area (Å²) in [5.41, 5.74) is 0. The van der Waals surface area contributed by atoms with Crippen LogP contribution in [0.25, 0.3) is 0 Å². The van der Waals surface area contributed by atoms with Crippen LogP contribution in [-0.2, 0) is 0 Å². The zero-order chi connectivity index (χ0) is 5.11. The molecule has 2 nitrogen and oxygen atoms in total. The van der Waals surface area contributed by atoms with E-state index < -0.39 is 0 Å². The van der Waals surface area contributed by atoms with Crippen LogP contribution in [0, 0.1) is 0 Å². The van der Waals surface area contributed by atoms with Crippen molar-refractivity contribution in [3.8, 4) is 0 Å². The Bertz CT molecular complexity index is 92.6. The molecule has 1 aliphatic rings. The van der Waals surface area contributed by atoms with Crippen LogP contribution >= 0.6 is 0 Å². The molecule has 1 rings (SSSR count). The summed E-state index contributed by atoms with van der Waals surface area (Å²) in [5, 5.41) is 1.53. The van der Waals surface area contributed by atoms with Crippen LogP contribution in [0.2, 0.25) is 0 Å². The lowest BCUT2D eigenvalue weighted by molar-refractivity contribution is 0.530. The molecule has 0 spiro atoms. The Kier molecular flexibility index (Phi) is 1.13. The van der Waals surface area contributed by atoms with Crippen molar-refractivity contribution in [2.75, 3.05) is 0 Å². The zero-order valence-corrected chi connectivity index (χ0v) is 4.04. The lowest BCUT2D eigenvalue weighted by atomic mass is 10.3. The van der Waals surface area contributed by atoms with Gasteiger partial charge in [-0.05, 0) is 6.42 Å². The van der Waals surface area contributed by atoms with E-state index in [1.807, 2.05) is 24.6 Å². The minimum absolute atomic E-state index is 1.01. The standard InChI is InChI=1S/C5H8N2/c6-7-4-2-1-3-5-7/h2-5H,1,6H2. The second kappa shape index (κ2) is 1.80. The van der Waals surface area contributed by atoms with E-state index in [0.717, 1.165) is 6.42 Å². The van der Waals surface area contributed by atoms with Gasteiger partial charge in [-0.3, -0.25) is 5.01 Å². The largest absolute Gasteiger partial charge is 0.295 e. The molecule has 0 atom stereocenters. The molecule has 1 aliphatic heterocycles. The molecule has 38 valence electrons. The summed E-state index contributed by atoms with van der Waals surface area (Å²) in [6.07, 6.45) is 8.67. The zero-order valence-electron chi connectivity index (χ0n) is 4.04. The van der Waals surface area contributed by atoms with Crippen LogP contribution in [0.5, 0.6) is 0 Å². The van der Waals surface area contributed by atoms with Gasteiger partial charge in [-0.25, -0.2) is 5.84 Å². The first kappa shape index (κ1) is 4.40. The predicted octanol–water partition coefficient (Wildman–Crippen LogP) is 0.593. The van der Waals surface area contributed by atoms with Gasteiger partial charge in [0.25, 0.3) is 0 Å². The van der Waals surface area contributed by atoms with Gasteiger partial charge < -0.3 is 0 Å². The molecule has 0 saturated carbocycles. The Morgan fingerprint density at radius 2 is 1.86 bits per heavy atom. The highest BCUT2D eigenvalue weighted by atomic mass is 15.4. The molecule has 0 saturated heterocycles. The molecule has 0 aromatic heterocycles. The van der Waals surface area contributed by atoms with E-state index in [0.29, 0.717) is 0 Å². The van der Waals surface area contributed by atoms with Crippen molar-refractivity contribution in [1.29, 1.82) is 0 Å². The van der Waals surface area contributed by atoms with Gasteiger partial charge >= 0.3 is 0 Å². The van der Waals surface area contributed by atoms with Crippen molar-refractivity contribution < 1.29 is 0 Å². The smallest absolute Gasteiger partial charge is 0.0169 e. The first-order valence-electron chi connectivity index (χ1n) is 2.26. The average molecular weight is 96.1 g/mol. The van der Waals surface area contributed by atoms with Gasteiger partial charge in [-0.15, -0.1) is 0 Å². The number of hydrazine groups is 1. The van der Waals surface area contributed by atoms with Crippen LogP contribution in [0.15, 0.2) is 24.6 Å². The SMILES string of the molecule is NN1C=CCC=C1. The Hall–Kier alpha value is -0.760. The van der Waals surface area contributed by atoms with E-state index in [4.69, 9.17) is 5.84 Å². The van der Waals surface area contributed by atoms with Crippen molar-refractivity contribution >= 4 is 0 Å². The quantitative estimate of drug-likeness (QED) is 0.447. The Labute approximate surface area is 42.9 Å². The molecule has 0 unspecified atom stereocenters. The maximum Gasteiger partial charge on any atom is 0.0169 e. The summed E-state index contributed by atoms with van der Waals surface area (Å²) in [7, 11) is 0. The fraction of sp³-hybridized carbons (Fsp3) is 0.200. The van der Waals surface area contributed by atoms with Crippen LogP contribution in [0.1, 0.15) is 6.42 Å². The lowest BCUT2D eigenvalue weighted by Crippen LogP contribution is -2.18. The first-order valence-corrected chi connectivity index (χ1v) is 2.26. The van der Waals surface area contributed by atoms with Crippen LogP contribution < -0.4 is 5.84 Å². The van der Waals surface area contributed by atoms with E-state index in [1.54, 1.807) is 0 Å². The summed E-state index contributed by atoms with van der Waals surface area (Å²) >= 11 is 0. The van der Waals surface area contributed by atoms with Crippen LogP contribution in [0.3, 0.4) is 0 Å². The predicted molar refractivity (Wildman–Crippen MR) is 28.9 cm³/mol. The maximum absolute atomic E-state index is 5.29. The van der Waals surface area contributed by atoms with E-state index >= 15 is 0 Å². The molecule has 2 N–H and O–H groups in total. The van der Waals surface area contributed by atoms with Gasteiger partial charge in [0.1, 0.15) is 0 Å². The fourth-order valence-electron chi connectivity index (χ4n) is 0.493. The second-order valence-corrected chi connectivity index (χ2v) is 1.45. The number of rotatable bonds is 0. The van der Waals surface area contributed by atoms with Gasteiger partial charge in [0.2, 0.25) is 0 Å². The molecule has 0 bridgehead atoms. The molecule has 7 heavy (non-hydrogen) atoms. The van der Waals surface area contributed by atoms with Gasteiger partial charge in [0.05, 0.1) is 0 Å². The number of nitrogens with zero attached hydrogens (tertiary/aromatic N) is 1. The first-order chi connectivity index (χ1) is 3.39. The maximum atomic E-state index is 5.29. The second-order valence-electron chi connectivity index (χ2n) is 1.45. The molecule has 0 aliphatic carbocycles. The van der Waals surface area contributed by atoms with Crippen molar-refractivity contribution in [1.82, 2.24) is 5.01 Å². The normalized spacial score (nSPS) is 18.1. The molecule has 0 aromatic rings. The summed E-state index contributed by atoms with van der Waals surface area (Å²) < 4.78 is 0. The van der Waals surface area contributed by atoms with Crippen molar-refractivity contribution in [2.45, 2.75) is 6.42 Å². The lowest BCUT2D eigenvalue weighted by Gasteiger charge is -2.08. The summed E-state index contributed by atoms with van der Waals surface area (Å²) in [4.78, 5) is 0. The van der Waals surface area contributed by atoms with Crippen molar-refractivity contribution in [3.05, 3.63) is 24.6 Å². The van der Waals surface area contributed by atoms with E-state index in [2.05, 4.69) is 0 Å².